The van der Waals surface area contributed by atoms with Crippen LogP contribution in [0.5, 0.6) is 0 Å². The molecule has 0 bridgehead atoms. The predicted octanol–water partition coefficient (Wildman–Crippen LogP) is 5.28. The van der Waals surface area contributed by atoms with Crippen LogP contribution in [0.3, 0.4) is 0 Å². The van der Waals surface area contributed by atoms with Crippen LogP contribution in [-0.2, 0) is 0 Å². The minimum atomic E-state index is 0.388. The molecule has 0 saturated carbocycles. The zero-order valence-electron chi connectivity index (χ0n) is 14.5. The Kier molecular flexibility index (Phi) is 7.26. The smallest absolute Gasteiger partial charge is 0.163 e. The number of allylic oxidation sites excluding steroid dienone is 14. The maximum atomic E-state index is 4.60. The van der Waals surface area contributed by atoms with Crippen LogP contribution in [0.4, 0.5) is 0 Å². The van der Waals surface area contributed by atoms with Crippen LogP contribution in [0.2, 0.25) is 0 Å². The van der Waals surface area contributed by atoms with E-state index in [1.165, 1.54) is 0 Å². The zero-order chi connectivity index (χ0) is 17.9. The summed E-state index contributed by atoms with van der Waals surface area (Å²) in [6.07, 6.45) is 26.3. The van der Waals surface area contributed by atoms with Crippen molar-refractivity contribution >= 4 is 11.1 Å². The van der Waals surface area contributed by atoms with Gasteiger partial charge >= 0.3 is 0 Å². The maximum Gasteiger partial charge on any atom is 0.163 e. The number of hydrogen-bond acceptors (Lipinski definition) is 3. The highest BCUT2D eigenvalue weighted by Gasteiger charge is 2.11. The van der Waals surface area contributed by atoms with Crippen molar-refractivity contribution in [3.05, 3.63) is 104 Å². The Morgan fingerprint density at radius 1 is 1.16 bits per heavy atom. The van der Waals surface area contributed by atoms with Gasteiger partial charge in [0.1, 0.15) is 6.33 Å². The second-order valence-electron chi connectivity index (χ2n) is 5.41. The third kappa shape index (κ3) is 5.50. The monoisotopic (exact) mass is 329 g/mol. The van der Waals surface area contributed by atoms with Crippen molar-refractivity contribution in [3.8, 4) is 0 Å². The molecule has 1 aliphatic carbocycles. The molecular weight excluding hydrogens is 306 g/mol. The highest BCUT2D eigenvalue weighted by Crippen LogP contribution is 2.23. The van der Waals surface area contributed by atoms with Crippen LogP contribution in [0.25, 0.3) is 11.1 Å². The zero-order valence-corrected chi connectivity index (χ0v) is 14.5. The normalized spacial score (nSPS) is 18.2. The van der Waals surface area contributed by atoms with Gasteiger partial charge in [-0.15, -0.1) is 0 Å². The molecule has 0 fully saturated rings. The lowest BCUT2D eigenvalue weighted by Crippen LogP contribution is -2.03. The Hall–Kier alpha value is -3.07. The molecule has 3 nitrogen and oxygen atoms in total. The largest absolute Gasteiger partial charge is 0.217 e. The molecule has 0 aliphatic heterocycles. The van der Waals surface area contributed by atoms with E-state index in [1.54, 1.807) is 18.5 Å². The molecule has 1 unspecified atom stereocenters. The van der Waals surface area contributed by atoms with Crippen LogP contribution in [0.15, 0.2) is 92.4 Å². The van der Waals surface area contributed by atoms with Gasteiger partial charge in [-0.05, 0) is 19.3 Å². The number of hydrogen-bond donors (Lipinski definition) is 0. The third-order valence-corrected chi connectivity index (χ3v) is 3.58. The van der Waals surface area contributed by atoms with Gasteiger partial charge in [0.05, 0.1) is 0 Å². The average molecular weight is 329 g/mol. The van der Waals surface area contributed by atoms with E-state index in [0.717, 1.165) is 17.6 Å². The summed E-state index contributed by atoms with van der Waals surface area (Å²) in [7, 11) is 0. The molecule has 0 aromatic carbocycles. The van der Waals surface area contributed by atoms with E-state index >= 15 is 0 Å². The van der Waals surface area contributed by atoms with Crippen molar-refractivity contribution in [2.45, 2.75) is 13.3 Å². The van der Waals surface area contributed by atoms with Crippen molar-refractivity contribution in [1.29, 1.82) is 0 Å². The van der Waals surface area contributed by atoms with E-state index in [2.05, 4.69) is 52.4 Å². The summed E-state index contributed by atoms with van der Waals surface area (Å²) < 4.78 is 0. The van der Waals surface area contributed by atoms with Crippen LogP contribution in [0.1, 0.15) is 25.0 Å². The van der Waals surface area contributed by atoms with Gasteiger partial charge in [-0.1, -0.05) is 86.1 Å². The summed E-state index contributed by atoms with van der Waals surface area (Å²) >= 11 is 0. The summed E-state index contributed by atoms with van der Waals surface area (Å²) in [5, 5.41) is 0. The molecular formula is C22H23N3. The van der Waals surface area contributed by atoms with Gasteiger partial charge in [-0.2, -0.15) is 0 Å². The Balaban J connectivity index is 2.16. The molecule has 0 spiro atoms. The SMILES string of the molecule is C=C/C=C\C=C\C1C=CC(c2ncnc(C(/C=C\C)=C/C=C)n2)=CC1. The highest BCUT2D eigenvalue weighted by molar-refractivity contribution is 5.74. The van der Waals surface area contributed by atoms with Crippen molar-refractivity contribution in [2.24, 2.45) is 5.92 Å². The van der Waals surface area contributed by atoms with Crippen molar-refractivity contribution < 1.29 is 0 Å². The average Bonchev–Trinajstić information content (AvgIpc) is 2.66. The second-order valence-corrected chi connectivity index (χ2v) is 5.41. The molecule has 0 amide bonds. The quantitative estimate of drug-likeness (QED) is 0.639. The third-order valence-electron chi connectivity index (χ3n) is 3.58. The fourth-order valence-corrected chi connectivity index (χ4v) is 2.38. The van der Waals surface area contributed by atoms with Gasteiger partial charge in [0.25, 0.3) is 0 Å². The topological polar surface area (TPSA) is 38.7 Å². The first-order valence-electron chi connectivity index (χ1n) is 8.28. The first-order chi connectivity index (χ1) is 12.3. The molecule has 1 atom stereocenters. The van der Waals surface area contributed by atoms with E-state index < -0.39 is 0 Å². The fourth-order valence-electron chi connectivity index (χ4n) is 2.38. The summed E-state index contributed by atoms with van der Waals surface area (Å²) in [6, 6.07) is 0. The summed E-state index contributed by atoms with van der Waals surface area (Å²) in [5.41, 5.74) is 1.93. The molecule has 0 saturated heterocycles. The second kappa shape index (κ2) is 9.93. The summed E-state index contributed by atoms with van der Waals surface area (Å²) in [4.78, 5) is 13.2. The standard InChI is InChI=1S/C22H23N3/c1-4-7-8-9-12-18-13-15-20(16-14-18)22-24-17-23-21(25-22)19(10-5-2)11-6-3/h4-13,15-18H,1-2,14H2,3H3/b8-7-,11-6-,12-9+,19-10+. The van der Waals surface area contributed by atoms with Crippen molar-refractivity contribution in [3.63, 3.8) is 0 Å². The van der Waals surface area contributed by atoms with Crippen LogP contribution in [0, 0.1) is 5.92 Å². The lowest BCUT2D eigenvalue weighted by atomic mass is 9.96. The minimum Gasteiger partial charge on any atom is -0.217 e. The summed E-state index contributed by atoms with van der Waals surface area (Å²) in [5.74, 6) is 1.72. The molecule has 126 valence electrons. The first kappa shape index (κ1) is 18.3. The first-order valence-corrected chi connectivity index (χ1v) is 8.28. The van der Waals surface area contributed by atoms with Crippen LogP contribution >= 0.6 is 0 Å². The Morgan fingerprint density at radius 3 is 2.72 bits per heavy atom. The van der Waals surface area contributed by atoms with Gasteiger partial charge < -0.3 is 0 Å². The number of rotatable bonds is 7. The molecule has 2 rings (SSSR count). The molecule has 0 N–H and O–H groups in total. The van der Waals surface area contributed by atoms with E-state index in [1.807, 2.05) is 43.4 Å². The number of aromatic nitrogens is 3. The van der Waals surface area contributed by atoms with E-state index in [9.17, 15) is 0 Å². The van der Waals surface area contributed by atoms with Crippen molar-refractivity contribution in [1.82, 2.24) is 15.0 Å². The summed E-state index contributed by atoms with van der Waals surface area (Å²) in [6.45, 7) is 9.36. The van der Waals surface area contributed by atoms with Crippen LogP contribution < -0.4 is 0 Å². The Labute approximate surface area is 150 Å². The molecule has 0 radical (unpaired) electrons. The minimum absolute atomic E-state index is 0.388. The fraction of sp³-hybridized carbons (Fsp3) is 0.136. The molecule has 1 aromatic heterocycles. The van der Waals surface area contributed by atoms with Crippen molar-refractivity contribution in [2.75, 3.05) is 0 Å². The van der Waals surface area contributed by atoms with E-state index in [0.29, 0.717) is 17.6 Å². The molecule has 1 aliphatic rings. The Bertz CT molecular complexity index is 789. The van der Waals surface area contributed by atoms with Gasteiger partial charge in [0.15, 0.2) is 11.6 Å². The van der Waals surface area contributed by atoms with Gasteiger partial charge in [0.2, 0.25) is 0 Å². The lowest BCUT2D eigenvalue weighted by molar-refractivity contribution is 0.822. The van der Waals surface area contributed by atoms with E-state index in [4.69, 9.17) is 0 Å². The highest BCUT2D eigenvalue weighted by atomic mass is 15.0. The lowest BCUT2D eigenvalue weighted by Gasteiger charge is -2.12. The van der Waals surface area contributed by atoms with Gasteiger partial charge in [-0.3, -0.25) is 0 Å². The Morgan fingerprint density at radius 2 is 2.04 bits per heavy atom. The van der Waals surface area contributed by atoms with Crippen LogP contribution in [-0.4, -0.2) is 15.0 Å². The predicted molar refractivity (Wildman–Crippen MR) is 107 cm³/mol. The maximum absolute atomic E-state index is 4.60. The van der Waals surface area contributed by atoms with Gasteiger partial charge in [-0.25, -0.2) is 15.0 Å². The molecule has 1 heterocycles. The van der Waals surface area contributed by atoms with E-state index in [-0.39, 0.29) is 0 Å². The number of nitrogens with zero attached hydrogens (tertiary/aromatic N) is 3. The molecule has 25 heavy (non-hydrogen) atoms. The van der Waals surface area contributed by atoms with Gasteiger partial charge in [0, 0.05) is 11.1 Å². The molecule has 1 aromatic rings. The molecule has 3 heteroatoms.